The van der Waals surface area contributed by atoms with Crippen molar-refractivity contribution >= 4 is 29.1 Å². The molecular formula is C22H26Cl2N2O. The molecule has 1 aromatic carbocycles. The first-order valence-electron chi connectivity index (χ1n) is 10.0. The average molecular weight is 405 g/mol. The zero-order valence-electron chi connectivity index (χ0n) is 15.5. The molecule has 1 fully saturated rings. The summed E-state index contributed by atoms with van der Waals surface area (Å²) in [5.74, 6) is 0.987. The molecule has 4 rings (SSSR count). The molecule has 2 aromatic rings. The van der Waals surface area contributed by atoms with Gasteiger partial charge in [-0.1, -0.05) is 55.0 Å². The van der Waals surface area contributed by atoms with E-state index in [0.717, 1.165) is 43.1 Å². The van der Waals surface area contributed by atoms with Crippen LogP contribution in [-0.4, -0.2) is 21.9 Å². The number of aryl methyl sites for hydroxylation is 1. The minimum Gasteiger partial charge on any atom is -0.349 e. The molecule has 1 aliphatic heterocycles. The number of aromatic nitrogens is 1. The van der Waals surface area contributed by atoms with Crippen LogP contribution < -0.4 is 0 Å². The Morgan fingerprint density at radius 3 is 2.63 bits per heavy atom. The van der Waals surface area contributed by atoms with Gasteiger partial charge in [-0.2, -0.15) is 0 Å². The van der Waals surface area contributed by atoms with Crippen LogP contribution in [0.25, 0.3) is 0 Å². The zero-order chi connectivity index (χ0) is 18.8. The second kappa shape index (κ2) is 8.28. The van der Waals surface area contributed by atoms with Crippen molar-refractivity contribution in [2.45, 2.75) is 57.5 Å². The quantitative estimate of drug-likeness (QED) is 0.605. The summed E-state index contributed by atoms with van der Waals surface area (Å²) in [5.41, 5.74) is 2.18. The first kappa shape index (κ1) is 18.9. The van der Waals surface area contributed by atoms with E-state index in [1.807, 2.05) is 18.2 Å². The molecule has 0 spiro atoms. The van der Waals surface area contributed by atoms with Crippen molar-refractivity contribution in [1.82, 2.24) is 9.47 Å². The van der Waals surface area contributed by atoms with Crippen LogP contribution in [0.4, 0.5) is 0 Å². The van der Waals surface area contributed by atoms with E-state index in [1.54, 1.807) is 0 Å². The third-order valence-corrected chi connectivity index (χ3v) is 6.81. The summed E-state index contributed by atoms with van der Waals surface area (Å²) in [6.07, 6.45) is 9.94. The lowest BCUT2D eigenvalue weighted by atomic mass is 9.98. The highest BCUT2D eigenvalue weighted by atomic mass is 35.5. The van der Waals surface area contributed by atoms with Crippen molar-refractivity contribution in [1.29, 1.82) is 0 Å². The number of carbonyl (C=O) groups excluding carboxylic acids is 1. The highest BCUT2D eigenvalue weighted by Gasteiger charge is 2.31. The number of rotatable bonds is 4. The third kappa shape index (κ3) is 4.05. The van der Waals surface area contributed by atoms with Crippen molar-refractivity contribution in [2.24, 2.45) is 5.92 Å². The Morgan fingerprint density at radius 2 is 1.85 bits per heavy atom. The van der Waals surface area contributed by atoms with Crippen LogP contribution >= 0.6 is 23.2 Å². The van der Waals surface area contributed by atoms with Crippen LogP contribution in [-0.2, 0) is 11.3 Å². The largest absolute Gasteiger partial charge is 0.349 e. The van der Waals surface area contributed by atoms with Gasteiger partial charge in [0.15, 0.2) is 0 Å². The highest BCUT2D eigenvalue weighted by Crippen LogP contribution is 2.36. The summed E-state index contributed by atoms with van der Waals surface area (Å²) >= 11 is 12.4. The predicted octanol–water partition coefficient (Wildman–Crippen LogP) is 6.09. The van der Waals surface area contributed by atoms with E-state index in [2.05, 4.69) is 27.8 Å². The van der Waals surface area contributed by atoms with E-state index in [-0.39, 0.29) is 11.9 Å². The first-order chi connectivity index (χ1) is 13.1. The van der Waals surface area contributed by atoms with Gasteiger partial charge in [0, 0.05) is 31.4 Å². The van der Waals surface area contributed by atoms with Gasteiger partial charge in [0.05, 0.1) is 16.1 Å². The van der Waals surface area contributed by atoms with E-state index < -0.39 is 0 Å². The molecule has 1 atom stereocenters. The maximum absolute atomic E-state index is 13.2. The van der Waals surface area contributed by atoms with Crippen LogP contribution in [0.15, 0.2) is 36.5 Å². The first-order valence-corrected chi connectivity index (χ1v) is 10.8. The maximum Gasteiger partial charge on any atom is 0.223 e. The molecule has 27 heavy (non-hydrogen) atoms. The fourth-order valence-electron chi connectivity index (χ4n) is 4.65. The summed E-state index contributed by atoms with van der Waals surface area (Å²) in [6, 6.07) is 9.82. The minimum atomic E-state index is -0.103. The molecule has 2 heterocycles. The summed E-state index contributed by atoms with van der Waals surface area (Å²) < 4.78 is 2.26. The van der Waals surface area contributed by atoms with Gasteiger partial charge < -0.3 is 9.47 Å². The Balaban J connectivity index is 1.63. The van der Waals surface area contributed by atoms with Gasteiger partial charge in [0.25, 0.3) is 0 Å². The van der Waals surface area contributed by atoms with Crippen LogP contribution in [0.2, 0.25) is 10.0 Å². The molecule has 5 heteroatoms. The second-order valence-corrected chi connectivity index (χ2v) is 8.65. The van der Waals surface area contributed by atoms with Gasteiger partial charge >= 0.3 is 0 Å². The number of benzene rings is 1. The van der Waals surface area contributed by atoms with Crippen LogP contribution in [0, 0.1) is 5.92 Å². The standard InChI is InChI=1S/C22H26Cl2N2O/c23-18-10-9-17(15-19(18)24)22-20-7-3-12-25(20)13-4-14-26(22)21(27)11-8-16-5-1-2-6-16/h3,7,9-10,12,15-16,22H,1-2,4-6,8,11,13-14H2. The SMILES string of the molecule is O=C(CCC1CCCC1)N1CCCn2cccc2C1c1ccc(Cl)c(Cl)c1. The maximum atomic E-state index is 13.2. The van der Waals surface area contributed by atoms with Gasteiger partial charge in [0.1, 0.15) is 0 Å². The van der Waals surface area contributed by atoms with Crippen molar-refractivity contribution in [3.63, 3.8) is 0 Å². The minimum absolute atomic E-state index is 0.103. The molecule has 1 amide bonds. The molecule has 144 valence electrons. The van der Waals surface area contributed by atoms with E-state index in [9.17, 15) is 4.79 Å². The molecule has 1 saturated carbocycles. The second-order valence-electron chi connectivity index (χ2n) is 7.83. The van der Waals surface area contributed by atoms with Crippen LogP contribution in [0.1, 0.15) is 62.2 Å². The number of hydrogen-bond acceptors (Lipinski definition) is 1. The molecule has 1 aromatic heterocycles. The summed E-state index contributed by atoms with van der Waals surface area (Å²) in [4.78, 5) is 15.3. The fourth-order valence-corrected chi connectivity index (χ4v) is 4.96. The highest BCUT2D eigenvalue weighted by molar-refractivity contribution is 6.42. The summed E-state index contributed by atoms with van der Waals surface area (Å²) in [7, 11) is 0. The topological polar surface area (TPSA) is 25.2 Å². The number of nitrogens with zero attached hydrogens (tertiary/aromatic N) is 2. The summed E-state index contributed by atoms with van der Waals surface area (Å²) in [5, 5.41) is 1.08. The van der Waals surface area contributed by atoms with Gasteiger partial charge in [-0.15, -0.1) is 0 Å². The van der Waals surface area contributed by atoms with Crippen LogP contribution in [0.3, 0.4) is 0 Å². The summed E-state index contributed by atoms with van der Waals surface area (Å²) in [6.45, 7) is 1.71. The molecule has 3 nitrogen and oxygen atoms in total. The van der Waals surface area contributed by atoms with Crippen LogP contribution in [0.5, 0.6) is 0 Å². The molecule has 2 aliphatic rings. The number of fused-ring (bicyclic) bond motifs is 1. The van der Waals surface area contributed by atoms with Gasteiger partial charge in [0.2, 0.25) is 5.91 Å². The Kier molecular flexibility index (Phi) is 5.79. The molecule has 0 bridgehead atoms. The van der Waals surface area contributed by atoms with Gasteiger partial charge in [-0.05, 0) is 48.6 Å². The van der Waals surface area contributed by atoms with Crippen molar-refractivity contribution in [3.8, 4) is 0 Å². The third-order valence-electron chi connectivity index (χ3n) is 6.08. The Hall–Kier alpha value is -1.45. The number of halogens is 2. The molecule has 1 aliphatic carbocycles. The smallest absolute Gasteiger partial charge is 0.223 e. The normalized spacial score (nSPS) is 20.5. The van der Waals surface area contributed by atoms with E-state index in [4.69, 9.17) is 23.2 Å². The molecule has 0 radical (unpaired) electrons. The lowest BCUT2D eigenvalue weighted by Crippen LogP contribution is -2.35. The van der Waals surface area contributed by atoms with Crippen molar-refractivity contribution < 1.29 is 4.79 Å². The van der Waals surface area contributed by atoms with Gasteiger partial charge in [-0.25, -0.2) is 0 Å². The Bertz CT molecular complexity index is 810. The van der Waals surface area contributed by atoms with Crippen molar-refractivity contribution in [2.75, 3.05) is 6.54 Å². The Labute approximate surface area is 171 Å². The van der Waals surface area contributed by atoms with Crippen molar-refractivity contribution in [3.05, 3.63) is 57.8 Å². The zero-order valence-corrected chi connectivity index (χ0v) is 17.1. The average Bonchev–Trinajstić information content (AvgIpc) is 3.31. The van der Waals surface area contributed by atoms with Gasteiger partial charge in [-0.3, -0.25) is 4.79 Å². The van der Waals surface area contributed by atoms with E-state index in [1.165, 1.54) is 25.7 Å². The Morgan fingerprint density at radius 1 is 1.04 bits per heavy atom. The molecule has 0 N–H and O–H groups in total. The lowest BCUT2D eigenvalue weighted by Gasteiger charge is -2.31. The number of carbonyl (C=O) groups is 1. The number of hydrogen-bond donors (Lipinski definition) is 0. The number of amides is 1. The fraction of sp³-hybridized carbons (Fsp3) is 0.500. The lowest BCUT2D eigenvalue weighted by molar-refractivity contribution is -0.133. The van der Waals surface area contributed by atoms with E-state index in [0.29, 0.717) is 16.5 Å². The van der Waals surface area contributed by atoms with E-state index >= 15 is 0 Å². The predicted molar refractivity (Wildman–Crippen MR) is 110 cm³/mol. The molecule has 1 unspecified atom stereocenters. The monoisotopic (exact) mass is 404 g/mol. The molecule has 0 saturated heterocycles. The molecular weight excluding hydrogens is 379 g/mol.